The maximum atomic E-state index is 12.6. The maximum absolute atomic E-state index is 12.6. The van der Waals surface area contributed by atoms with Crippen LogP contribution in [0.4, 0.5) is 0 Å². The number of piperidine rings is 1. The Morgan fingerprint density at radius 2 is 2.19 bits per heavy atom. The lowest BCUT2D eigenvalue weighted by Gasteiger charge is -2.32. The van der Waals surface area contributed by atoms with E-state index in [0.29, 0.717) is 12.2 Å². The first-order valence-electron chi connectivity index (χ1n) is 7.78. The molecule has 0 spiro atoms. The van der Waals surface area contributed by atoms with Gasteiger partial charge in [0.25, 0.3) is 0 Å². The minimum atomic E-state index is -0.151. The number of ketones is 1. The molecule has 0 unspecified atom stereocenters. The van der Waals surface area contributed by atoms with Crippen LogP contribution >= 0.6 is 0 Å². The highest BCUT2D eigenvalue weighted by atomic mass is 16.5. The lowest BCUT2D eigenvalue weighted by molar-refractivity contribution is -0.125. The third-order valence-electron chi connectivity index (χ3n) is 4.55. The third kappa shape index (κ3) is 4.07. The number of methoxy groups -OCH3 is 1. The van der Waals surface area contributed by atoms with Crippen molar-refractivity contribution in [3.8, 4) is 5.75 Å². The molecule has 0 aliphatic carbocycles. The molecule has 0 radical (unpaired) electrons. The van der Waals surface area contributed by atoms with Crippen molar-refractivity contribution in [1.29, 1.82) is 0 Å². The number of benzene rings is 1. The summed E-state index contributed by atoms with van der Waals surface area (Å²) in [5, 5.41) is 0. The molecular formula is C18H27NO2. The molecule has 21 heavy (non-hydrogen) atoms. The third-order valence-corrected chi connectivity index (χ3v) is 4.55. The van der Waals surface area contributed by atoms with Crippen molar-refractivity contribution in [2.45, 2.75) is 38.5 Å². The van der Waals surface area contributed by atoms with E-state index in [1.807, 2.05) is 18.2 Å². The van der Waals surface area contributed by atoms with Crippen molar-refractivity contribution >= 4 is 5.78 Å². The average Bonchev–Trinajstić information content (AvgIpc) is 2.47. The fraction of sp³-hybridized carbons (Fsp3) is 0.611. The highest BCUT2D eigenvalue weighted by molar-refractivity contribution is 5.82. The SMILES string of the molecule is COc1cccc(C(C)(C)CC(=O)[C@H]2CCCN(C)C2)c1. The number of hydrogen-bond donors (Lipinski definition) is 0. The summed E-state index contributed by atoms with van der Waals surface area (Å²) in [7, 11) is 3.78. The van der Waals surface area contributed by atoms with Crippen LogP contribution in [0.1, 0.15) is 38.7 Å². The van der Waals surface area contributed by atoms with Gasteiger partial charge in [0, 0.05) is 18.9 Å². The Balaban J connectivity index is 2.07. The molecule has 1 atom stereocenters. The van der Waals surface area contributed by atoms with Gasteiger partial charge in [-0.05, 0) is 49.5 Å². The molecule has 3 heteroatoms. The van der Waals surface area contributed by atoms with E-state index >= 15 is 0 Å². The van der Waals surface area contributed by atoms with E-state index in [9.17, 15) is 4.79 Å². The van der Waals surface area contributed by atoms with Crippen LogP contribution in [0.15, 0.2) is 24.3 Å². The van der Waals surface area contributed by atoms with Gasteiger partial charge in [-0.1, -0.05) is 26.0 Å². The van der Waals surface area contributed by atoms with Crippen molar-refractivity contribution in [1.82, 2.24) is 4.90 Å². The molecule has 0 amide bonds. The Labute approximate surface area is 128 Å². The molecule has 1 fully saturated rings. The Morgan fingerprint density at radius 3 is 2.86 bits per heavy atom. The molecular weight excluding hydrogens is 262 g/mol. The van der Waals surface area contributed by atoms with E-state index in [1.54, 1.807) is 7.11 Å². The van der Waals surface area contributed by atoms with E-state index < -0.39 is 0 Å². The molecule has 2 rings (SSSR count). The summed E-state index contributed by atoms with van der Waals surface area (Å²) in [6, 6.07) is 8.06. The average molecular weight is 289 g/mol. The fourth-order valence-corrected chi connectivity index (χ4v) is 3.16. The van der Waals surface area contributed by atoms with Gasteiger partial charge in [0.05, 0.1) is 7.11 Å². The zero-order valence-electron chi connectivity index (χ0n) is 13.7. The summed E-state index contributed by atoms with van der Waals surface area (Å²) in [5.74, 6) is 1.45. The number of nitrogens with zero attached hydrogens (tertiary/aromatic N) is 1. The number of ether oxygens (including phenoxy) is 1. The number of hydrogen-bond acceptors (Lipinski definition) is 3. The lowest BCUT2D eigenvalue weighted by Crippen LogP contribution is -2.38. The van der Waals surface area contributed by atoms with Crippen LogP contribution in [0.2, 0.25) is 0 Å². The molecule has 3 nitrogen and oxygen atoms in total. The van der Waals surface area contributed by atoms with Crippen LogP contribution in [0.5, 0.6) is 5.75 Å². The van der Waals surface area contributed by atoms with Gasteiger partial charge in [0.1, 0.15) is 11.5 Å². The molecule has 0 N–H and O–H groups in total. The molecule has 1 aromatic carbocycles. The second kappa shape index (κ2) is 6.61. The van der Waals surface area contributed by atoms with Gasteiger partial charge in [0.2, 0.25) is 0 Å². The normalized spacial score (nSPS) is 20.3. The van der Waals surface area contributed by atoms with Crippen LogP contribution < -0.4 is 4.74 Å². The fourth-order valence-electron chi connectivity index (χ4n) is 3.16. The van der Waals surface area contributed by atoms with Crippen LogP contribution in [0, 0.1) is 5.92 Å². The smallest absolute Gasteiger partial charge is 0.138 e. The van der Waals surface area contributed by atoms with Crippen molar-refractivity contribution in [3.05, 3.63) is 29.8 Å². The first kappa shape index (κ1) is 16.0. The van der Waals surface area contributed by atoms with E-state index in [4.69, 9.17) is 4.74 Å². The second-order valence-electron chi connectivity index (χ2n) is 6.86. The number of likely N-dealkylation sites (tertiary alicyclic amines) is 1. The van der Waals surface area contributed by atoms with Crippen LogP contribution in [0.3, 0.4) is 0 Å². The highest BCUT2D eigenvalue weighted by Crippen LogP contribution is 2.32. The summed E-state index contributed by atoms with van der Waals surface area (Å²) in [4.78, 5) is 14.9. The molecule has 1 saturated heterocycles. The summed E-state index contributed by atoms with van der Waals surface area (Å²) in [6.45, 7) is 6.31. The monoisotopic (exact) mass is 289 g/mol. The Morgan fingerprint density at radius 1 is 1.43 bits per heavy atom. The predicted octanol–water partition coefficient (Wildman–Crippen LogP) is 3.27. The second-order valence-corrected chi connectivity index (χ2v) is 6.86. The van der Waals surface area contributed by atoms with Crippen LogP contribution in [-0.2, 0) is 10.2 Å². The zero-order valence-corrected chi connectivity index (χ0v) is 13.7. The van der Waals surface area contributed by atoms with E-state index in [-0.39, 0.29) is 11.3 Å². The van der Waals surface area contributed by atoms with Crippen molar-refractivity contribution in [2.75, 3.05) is 27.2 Å². The molecule has 1 aliphatic heterocycles. The molecule has 1 aliphatic rings. The van der Waals surface area contributed by atoms with E-state index in [1.165, 1.54) is 5.56 Å². The number of rotatable bonds is 5. The summed E-state index contributed by atoms with van der Waals surface area (Å²) in [5.41, 5.74) is 1.01. The number of carbonyl (C=O) groups excluding carboxylic acids is 1. The Bertz CT molecular complexity index is 496. The lowest BCUT2D eigenvalue weighted by atomic mass is 9.77. The number of carbonyl (C=O) groups is 1. The van der Waals surface area contributed by atoms with E-state index in [0.717, 1.165) is 31.7 Å². The summed E-state index contributed by atoms with van der Waals surface area (Å²) < 4.78 is 5.29. The molecule has 1 aromatic rings. The zero-order chi connectivity index (χ0) is 15.5. The largest absolute Gasteiger partial charge is 0.497 e. The topological polar surface area (TPSA) is 29.5 Å². The van der Waals surface area contributed by atoms with Gasteiger partial charge >= 0.3 is 0 Å². The van der Waals surface area contributed by atoms with E-state index in [2.05, 4.69) is 31.9 Å². The first-order chi connectivity index (χ1) is 9.92. The molecule has 1 heterocycles. The standard InChI is InChI=1S/C18H27NO2/c1-18(2,15-8-5-9-16(11-15)21-4)12-17(20)14-7-6-10-19(3)13-14/h5,8-9,11,14H,6-7,10,12-13H2,1-4H3/t14-/m0/s1. The minimum Gasteiger partial charge on any atom is -0.497 e. The molecule has 0 saturated carbocycles. The van der Waals surface area contributed by atoms with Gasteiger partial charge in [-0.25, -0.2) is 0 Å². The molecule has 0 aromatic heterocycles. The predicted molar refractivity (Wildman–Crippen MR) is 85.9 cm³/mol. The molecule has 116 valence electrons. The summed E-state index contributed by atoms with van der Waals surface area (Å²) in [6.07, 6.45) is 2.77. The summed E-state index contributed by atoms with van der Waals surface area (Å²) >= 11 is 0. The maximum Gasteiger partial charge on any atom is 0.138 e. The minimum absolute atomic E-state index is 0.151. The van der Waals surface area contributed by atoms with Gasteiger partial charge in [-0.3, -0.25) is 4.79 Å². The molecule has 0 bridgehead atoms. The number of Topliss-reactive ketones (excluding diaryl/α,β-unsaturated/α-hetero) is 1. The van der Waals surface area contributed by atoms with Gasteiger partial charge in [-0.15, -0.1) is 0 Å². The van der Waals surface area contributed by atoms with Crippen molar-refractivity contribution in [2.24, 2.45) is 5.92 Å². The Kier molecular flexibility index (Phi) is 5.04. The van der Waals surface area contributed by atoms with Gasteiger partial charge < -0.3 is 9.64 Å². The first-order valence-corrected chi connectivity index (χ1v) is 7.78. The highest BCUT2D eigenvalue weighted by Gasteiger charge is 2.30. The van der Waals surface area contributed by atoms with Crippen molar-refractivity contribution < 1.29 is 9.53 Å². The van der Waals surface area contributed by atoms with Crippen molar-refractivity contribution in [3.63, 3.8) is 0 Å². The van der Waals surface area contributed by atoms with Gasteiger partial charge in [0.15, 0.2) is 0 Å². The van der Waals surface area contributed by atoms with Crippen LogP contribution in [-0.4, -0.2) is 37.9 Å². The Hall–Kier alpha value is -1.35. The quantitative estimate of drug-likeness (QED) is 0.833. The van der Waals surface area contributed by atoms with Crippen LogP contribution in [0.25, 0.3) is 0 Å². The van der Waals surface area contributed by atoms with Gasteiger partial charge in [-0.2, -0.15) is 0 Å².